The van der Waals surface area contributed by atoms with Crippen molar-refractivity contribution >= 4 is 27.5 Å². The maximum atomic E-state index is 13.1. The quantitative estimate of drug-likeness (QED) is 0.694. The molecule has 6 heteroatoms. The molecule has 2 atom stereocenters. The zero-order valence-corrected chi connectivity index (χ0v) is 16.6. The molecule has 0 N–H and O–H groups in total. The summed E-state index contributed by atoms with van der Waals surface area (Å²) in [5.74, 6) is 1.22. The highest BCUT2D eigenvalue weighted by Gasteiger charge is 2.37. The van der Waals surface area contributed by atoms with Gasteiger partial charge in [0.15, 0.2) is 0 Å². The summed E-state index contributed by atoms with van der Waals surface area (Å²) in [6, 6.07) is 14.3. The van der Waals surface area contributed by atoms with Gasteiger partial charge in [0, 0.05) is 30.6 Å². The van der Waals surface area contributed by atoms with Crippen molar-refractivity contribution in [2.45, 2.75) is 12.0 Å². The number of nitrogens with zero attached hydrogens (tertiary/aromatic N) is 3. The van der Waals surface area contributed by atoms with Gasteiger partial charge in [0.05, 0.1) is 22.8 Å². The highest BCUT2D eigenvalue weighted by atomic mass is 32.1. The van der Waals surface area contributed by atoms with Crippen molar-refractivity contribution in [3.05, 3.63) is 59.1 Å². The molecule has 1 aromatic heterocycles. The number of hydrogen-bond acceptors (Lipinski definition) is 5. The Hall–Kier alpha value is -2.44. The first-order valence-electron chi connectivity index (χ1n) is 8.99. The summed E-state index contributed by atoms with van der Waals surface area (Å²) in [5.41, 5.74) is 4.74. The van der Waals surface area contributed by atoms with E-state index in [0.29, 0.717) is 0 Å². The van der Waals surface area contributed by atoms with Crippen molar-refractivity contribution in [3.63, 3.8) is 0 Å². The van der Waals surface area contributed by atoms with Crippen LogP contribution in [0.1, 0.15) is 21.8 Å². The maximum Gasteiger partial charge on any atom is 0.253 e. The largest absolute Gasteiger partial charge is 0.497 e. The van der Waals surface area contributed by atoms with Crippen LogP contribution in [-0.2, 0) is 0 Å². The molecular formula is C21H23N3O2S. The van der Waals surface area contributed by atoms with Crippen LogP contribution in [0.4, 0.5) is 0 Å². The smallest absolute Gasteiger partial charge is 0.253 e. The van der Waals surface area contributed by atoms with Gasteiger partial charge in [-0.1, -0.05) is 12.1 Å². The molecule has 0 aliphatic carbocycles. The second-order valence-corrected chi connectivity index (χ2v) is 8.04. The fourth-order valence-electron chi connectivity index (χ4n) is 3.83. The molecular weight excluding hydrogens is 358 g/mol. The fraction of sp³-hybridized carbons (Fsp3) is 0.333. The van der Waals surface area contributed by atoms with E-state index in [-0.39, 0.29) is 17.9 Å². The lowest BCUT2D eigenvalue weighted by Crippen LogP contribution is -2.35. The molecule has 1 saturated heterocycles. The predicted octanol–water partition coefficient (Wildman–Crippen LogP) is 3.47. The molecule has 0 bridgehead atoms. The zero-order valence-electron chi connectivity index (χ0n) is 15.8. The second-order valence-electron chi connectivity index (χ2n) is 7.16. The standard InChI is InChI=1S/C21H23N3O2S/c1-23(2)19-12-24(11-17(19)14-4-7-16(26-3)8-5-14)21(25)15-6-9-18-20(10-15)27-13-22-18/h4-10,13,17,19H,11-12H2,1-3H3. The monoisotopic (exact) mass is 381 g/mol. The maximum absolute atomic E-state index is 13.1. The highest BCUT2D eigenvalue weighted by Crippen LogP contribution is 2.32. The molecule has 3 aromatic rings. The SMILES string of the molecule is COc1ccc(C2CN(C(=O)c3ccc4ncsc4c3)CC2N(C)C)cc1. The first-order chi connectivity index (χ1) is 13.1. The lowest BCUT2D eigenvalue weighted by atomic mass is 9.93. The predicted molar refractivity (Wildman–Crippen MR) is 109 cm³/mol. The molecule has 1 fully saturated rings. The van der Waals surface area contributed by atoms with Gasteiger partial charge < -0.3 is 14.5 Å². The summed E-state index contributed by atoms with van der Waals surface area (Å²) < 4.78 is 6.32. The van der Waals surface area contributed by atoms with Crippen LogP contribution in [0.2, 0.25) is 0 Å². The van der Waals surface area contributed by atoms with E-state index in [0.717, 1.165) is 34.6 Å². The summed E-state index contributed by atoms with van der Waals surface area (Å²) >= 11 is 1.57. The normalized spacial score (nSPS) is 19.8. The van der Waals surface area contributed by atoms with Crippen molar-refractivity contribution in [2.75, 3.05) is 34.3 Å². The van der Waals surface area contributed by atoms with Crippen LogP contribution in [0.5, 0.6) is 5.75 Å². The topological polar surface area (TPSA) is 45.7 Å². The van der Waals surface area contributed by atoms with Crippen molar-refractivity contribution < 1.29 is 9.53 Å². The van der Waals surface area contributed by atoms with Gasteiger partial charge in [-0.25, -0.2) is 4.98 Å². The molecule has 1 aliphatic heterocycles. The number of hydrogen-bond donors (Lipinski definition) is 0. The first-order valence-corrected chi connectivity index (χ1v) is 9.87. The molecule has 140 valence electrons. The Kier molecular flexibility index (Phi) is 4.85. The Morgan fingerprint density at radius 1 is 1.19 bits per heavy atom. The van der Waals surface area contributed by atoms with Crippen molar-refractivity contribution in [1.82, 2.24) is 14.8 Å². The molecule has 0 saturated carbocycles. The average molecular weight is 382 g/mol. The van der Waals surface area contributed by atoms with E-state index in [2.05, 4.69) is 36.1 Å². The van der Waals surface area contributed by atoms with E-state index in [9.17, 15) is 4.79 Å². The third kappa shape index (κ3) is 3.42. The van der Waals surface area contributed by atoms with Crippen molar-refractivity contribution in [1.29, 1.82) is 0 Å². The number of fused-ring (bicyclic) bond motifs is 1. The number of ether oxygens (including phenoxy) is 1. The molecule has 5 nitrogen and oxygen atoms in total. The third-order valence-corrected chi connectivity index (χ3v) is 6.15. The highest BCUT2D eigenvalue weighted by molar-refractivity contribution is 7.16. The summed E-state index contributed by atoms with van der Waals surface area (Å²) in [5, 5.41) is 0. The van der Waals surface area contributed by atoms with Crippen molar-refractivity contribution in [3.8, 4) is 5.75 Å². The minimum atomic E-state index is 0.0909. The van der Waals surface area contributed by atoms with Crippen LogP contribution >= 0.6 is 11.3 Å². The molecule has 1 aliphatic rings. The van der Waals surface area contributed by atoms with Crippen LogP contribution in [0, 0.1) is 0 Å². The Bertz CT molecular complexity index is 951. The Morgan fingerprint density at radius 2 is 1.96 bits per heavy atom. The molecule has 27 heavy (non-hydrogen) atoms. The van der Waals surface area contributed by atoms with E-state index in [1.807, 2.05) is 40.7 Å². The number of aromatic nitrogens is 1. The molecule has 2 unspecified atom stereocenters. The molecule has 2 aromatic carbocycles. The Labute approximate surface area is 163 Å². The van der Waals surface area contributed by atoms with E-state index in [4.69, 9.17) is 4.74 Å². The molecule has 2 heterocycles. The van der Waals surface area contributed by atoms with Gasteiger partial charge in [-0.05, 0) is 50.0 Å². The van der Waals surface area contributed by atoms with Gasteiger partial charge >= 0.3 is 0 Å². The van der Waals surface area contributed by atoms with E-state index < -0.39 is 0 Å². The van der Waals surface area contributed by atoms with Crippen molar-refractivity contribution in [2.24, 2.45) is 0 Å². The van der Waals surface area contributed by atoms with Gasteiger partial charge in [0.25, 0.3) is 5.91 Å². The molecule has 1 amide bonds. The van der Waals surface area contributed by atoms with Gasteiger partial charge in [-0.15, -0.1) is 11.3 Å². The summed E-state index contributed by atoms with van der Waals surface area (Å²) in [7, 11) is 5.84. The minimum Gasteiger partial charge on any atom is -0.497 e. The molecule has 4 rings (SSSR count). The number of amides is 1. The third-order valence-electron chi connectivity index (χ3n) is 5.36. The van der Waals surface area contributed by atoms with Crippen LogP contribution in [0.15, 0.2) is 48.0 Å². The van der Waals surface area contributed by atoms with Crippen LogP contribution in [0.25, 0.3) is 10.2 Å². The van der Waals surface area contributed by atoms with E-state index in [1.165, 1.54) is 5.56 Å². The first kappa shape index (κ1) is 17.9. The van der Waals surface area contributed by atoms with E-state index in [1.54, 1.807) is 18.4 Å². The summed E-state index contributed by atoms with van der Waals surface area (Å²) in [6.45, 7) is 1.44. The van der Waals surface area contributed by atoms with E-state index >= 15 is 0 Å². The van der Waals surface area contributed by atoms with Gasteiger partial charge in [-0.2, -0.15) is 0 Å². The number of likely N-dealkylation sites (N-methyl/N-ethyl adjacent to an activating group) is 1. The number of benzene rings is 2. The number of thiazole rings is 1. The number of rotatable bonds is 4. The van der Waals surface area contributed by atoms with Crippen LogP contribution < -0.4 is 4.74 Å². The number of carbonyl (C=O) groups is 1. The number of methoxy groups -OCH3 is 1. The van der Waals surface area contributed by atoms with Crippen LogP contribution in [-0.4, -0.2) is 61.0 Å². The Balaban J connectivity index is 1.59. The summed E-state index contributed by atoms with van der Waals surface area (Å²) in [6.07, 6.45) is 0. The fourth-order valence-corrected chi connectivity index (χ4v) is 4.54. The Morgan fingerprint density at radius 3 is 2.67 bits per heavy atom. The minimum absolute atomic E-state index is 0.0909. The lowest BCUT2D eigenvalue weighted by molar-refractivity contribution is 0.0782. The van der Waals surface area contributed by atoms with Crippen LogP contribution in [0.3, 0.4) is 0 Å². The van der Waals surface area contributed by atoms with Gasteiger partial charge in [-0.3, -0.25) is 4.79 Å². The lowest BCUT2D eigenvalue weighted by Gasteiger charge is -2.25. The summed E-state index contributed by atoms with van der Waals surface area (Å²) in [4.78, 5) is 21.6. The zero-order chi connectivity index (χ0) is 19.0. The average Bonchev–Trinajstić information content (AvgIpc) is 3.34. The second kappa shape index (κ2) is 7.29. The number of carbonyl (C=O) groups excluding carboxylic acids is 1. The molecule has 0 spiro atoms. The molecule has 0 radical (unpaired) electrons. The number of likely N-dealkylation sites (tertiary alicyclic amines) is 1. The van der Waals surface area contributed by atoms with Gasteiger partial charge in [0.1, 0.15) is 5.75 Å². The van der Waals surface area contributed by atoms with Gasteiger partial charge in [0.2, 0.25) is 0 Å².